The standard InChI is InChI=1S/C22H26N4O3/c1-13-11-15(6-5-14(13)7-8-18(27)28)20-23-21(29-25-20)19-16-9-10-22(2,3)12-17(16)26(4)24-19/h5-6,11H,7-10,12H2,1-4H3,(H,27,28). The van der Waals surface area contributed by atoms with E-state index in [0.717, 1.165) is 41.6 Å². The van der Waals surface area contributed by atoms with Crippen molar-refractivity contribution in [2.24, 2.45) is 12.5 Å². The molecule has 7 heteroatoms. The van der Waals surface area contributed by atoms with Gasteiger partial charge < -0.3 is 9.63 Å². The maximum absolute atomic E-state index is 10.8. The van der Waals surface area contributed by atoms with Gasteiger partial charge in [0.15, 0.2) is 5.69 Å². The van der Waals surface area contributed by atoms with Gasteiger partial charge >= 0.3 is 5.97 Å². The minimum absolute atomic E-state index is 0.119. The van der Waals surface area contributed by atoms with E-state index in [2.05, 4.69) is 29.1 Å². The van der Waals surface area contributed by atoms with Crippen molar-refractivity contribution in [1.82, 2.24) is 19.9 Å². The number of aliphatic carboxylic acids is 1. The molecular weight excluding hydrogens is 368 g/mol. The lowest BCUT2D eigenvalue weighted by Crippen LogP contribution is -2.23. The van der Waals surface area contributed by atoms with Gasteiger partial charge in [-0.25, -0.2) is 0 Å². The molecule has 1 aliphatic rings. The Morgan fingerprint density at radius 2 is 2.14 bits per heavy atom. The predicted octanol–water partition coefficient (Wildman–Crippen LogP) is 3.98. The molecule has 0 fully saturated rings. The number of carboxylic acid groups (broad SMARTS) is 1. The number of carbonyl (C=O) groups is 1. The summed E-state index contributed by atoms with van der Waals surface area (Å²) in [5.74, 6) is 0.172. The highest BCUT2D eigenvalue weighted by molar-refractivity contribution is 5.67. The zero-order chi connectivity index (χ0) is 20.8. The second-order valence-electron chi connectivity index (χ2n) is 8.70. The summed E-state index contributed by atoms with van der Waals surface area (Å²) in [6.45, 7) is 6.55. The number of hydrogen-bond donors (Lipinski definition) is 1. The van der Waals surface area contributed by atoms with E-state index in [0.29, 0.717) is 18.1 Å². The van der Waals surface area contributed by atoms with Crippen LogP contribution in [0, 0.1) is 12.3 Å². The lowest BCUT2D eigenvalue weighted by molar-refractivity contribution is -0.136. The second kappa shape index (κ2) is 7.13. The molecule has 0 saturated heterocycles. The monoisotopic (exact) mass is 394 g/mol. The zero-order valence-electron chi connectivity index (χ0n) is 17.3. The first-order chi connectivity index (χ1) is 13.7. The van der Waals surface area contributed by atoms with Crippen molar-refractivity contribution in [3.05, 3.63) is 40.6 Å². The number of aromatic nitrogens is 4. The molecule has 1 N–H and O–H groups in total. The van der Waals surface area contributed by atoms with Gasteiger partial charge in [0.2, 0.25) is 5.82 Å². The van der Waals surface area contributed by atoms with E-state index in [9.17, 15) is 4.79 Å². The fraction of sp³-hybridized carbons (Fsp3) is 0.455. The maximum atomic E-state index is 10.8. The Bertz CT molecular complexity index is 1080. The highest BCUT2D eigenvalue weighted by atomic mass is 16.5. The van der Waals surface area contributed by atoms with Crippen LogP contribution in [0.15, 0.2) is 22.7 Å². The van der Waals surface area contributed by atoms with Crippen LogP contribution in [-0.4, -0.2) is 31.0 Å². The Labute approximate surface area is 169 Å². The number of fused-ring (bicyclic) bond motifs is 1. The van der Waals surface area contributed by atoms with Crippen molar-refractivity contribution in [2.45, 2.75) is 52.9 Å². The summed E-state index contributed by atoms with van der Waals surface area (Å²) in [7, 11) is 1.97. The van der Waals surface area contributed by atoms with Gasteiger partial charge in [0.1, 0.15) is 0 Å². The summed E-state index contributed by atoms with van der Waals surface area (Å²) in [6, 6.07) is 5.83. The van der Waals surface area contributed by atoms with Gasteiger partial charge in [-0.1, -0.05) is 31.1 Å². The Hall–Kier alpha value is -2.96. The normalized spacial score (nSPS) is 15.3. The fourth-order valence-electron chi connectivity index (χ4n) is 4.06. The fourth-order valence-corrected chi connectivity index (χ4v) is 4.06. The average Bonchev–Trinajstić information content (AvgIpc) is 3.25. The molecule has 2 aromatic heterocycles. The van der Waals surface area contributed by atoms with Crippen molar-refractivity contribution >= 4 is 5.97 Å². The molecule has 152 valence electrons. The van der Waals surface area contributed by atoms with Crippen LogP contribution in [0.1, 0.15) is 49.1 Å². The molecule has 0 saturated carbocycles. The summed E-state index contributed by atoms with van der Waals surface area (Å²) in [4.78, 5) is 15.4. The van der Waals surface area contributed by atoms with Crippen LogP contribution in [0.4, 0.5) is 0 Å². The Morgan fingerprint density at radius 1 is 1.34 bits per heavy atom. The molecule has 3 aromatic rings. The number of aryl methyl sites for hydroxylation is 3. The number of carboxylic acids is 1. The summed E-state index contributed by atoms with van der Waals surface area (Å²) in [5.41, 5.74) is 6.40. The van der Waals surface area contributed by atoms with Gasteiger partial charge in [-0.2, -0.15) is 10.1 Å². The first-order valence-electron chi connectivity index (χ1n) is 9.94. The molecule has 0 atom stereocenters. The van der Waals surface area contributed by atoms with E-state index < -0.39 is 5.97 Å². The summed E-state index contributed by atoms with van der Waals surface area (Å²) >= 11 is 0. The molecule has 0 spiro atoms. The lowest BCUT2D eigenvalue weighted by atomic mass is 9.76. The third-order valence-electron chi connectivity index (χ3n) is 5.81. The van der Waals surface area contributed by atoms with Crippen molar-refractivity contribution < 1.29 is 14.4 Å². The first kappa shape index (κ1) is 19.4. The van der Waals surface area contributed by atoms with Crippen LogP contribution in [0.5, 0.6) is 0 Å². The van der Waals surface area contributed by atoms with Gasteiger partial charge in [-0.15, -0.1) is 0 Å². The van der Waals surface area contributed by atoms with Crippen LogP contribution in [0.25, 0.3) is 23.0 Å². The lowest BCUT2D eigenvalue weighted by Gasteiger charge is -2.29. The molecular formula is C22H26N4O3. The van der Waals surface area contributed by atoms with Gasteiger partial charge in [-0.05, 0) is 55.2 Å². The number of rotatable bonds is 5. The van der Waals surface area contributed by atoms with Crippen LogP contribution >= 0.6 is 0 Å². The van der Waals surface area contributed by atoms with Crippen molar-refractivity contribution in [1.29, 1.82) is 0 Å². The molecule has 7 nitrogen and oxygen atoms in total. The predicted molar refractivity (Wildman–Crippen MR) is 108 cm³/mol. The first-order valence-corrected chi connectivity index (χ1v) is 9.94. The van der Waals surface area contributed by atoms with Crippen molar-refractivity contribution in [2.75, 3.05) is 0 Å². The highest BCUT2D eigenvalue weighted by Crippen LogP contribution is 2.38. The summed E-state index contributed by atoms with van der Waals surface area (Å²) in [6.07, 6.45) is 3.69. The Kier molecular flexibility index (Phi) is 4.76. The highest BCUT2D eigenvalue weighted by Gasteiger charge is 2.32. The second-order valence-corrected chi connectivity index (χ2v) is 8.70. The number of benzene rings is 1. The van der Waals surface area contributed by atoms with Gasteiger partial charge in [-0.3, -0.25) is 9.48 Å². The molecule has 29 heavy (non-hydrogen) atoms. The quantitative estimate of drug-likeness (QED) is 0.703. The van der Waals surface area contributed by atoms with E-state index in [-0.39, 0.29) is 11.8 Å². The van der Waals surface area contributed by atoms with E-state index in [1.165, 1.54) is 11.3 Å². The number of nitrogens with zero attached hydrogens (tertiary/aromatic N) is 4. The maximum Gasteiger partial charge on any atom is 0.303 e. The van der Waals surface area contributed by atoms with Gasteiger partial charge in [0, 0.05) is 30.3 Å². The summed E-state index contributed by atoms with van der Waals surface area (Å²) in [5, 5.41) is 17.7. The van der Waals surface area contributed by atoms with Gasteiger partial charge in [0.05, 0.1) is 0 Å². The molecule has 0 bridgehead atoms. The van der Waals surface area contributed by atoms with Crippen LogP contribution in [-0.2, 0) is 31.1 Å². The zero-order valence-corrected chi connectivity index (χ0v) is 17.3. The SMILES string of the molecule is Cc1cc(-c2noc(-c3nn(C)c4c3CCC(C)(C)C4)n2)ccc1CCC(=O)O. The van der Waals surface area contributed by atoms with Crippen molar-refractivity contribution in [3.8, 4) is 23.0 Å². The van der Waals surface area contributed by atoms with E-state index >= 15 is 0 Å². The van der Waals surface area contributed by atoms with E-state index in [1.54, 1.807) is 0 Å². The topological polar surface area (TPSA) is 94.0 Å². The van der Waals surface area contributed by atoms with Crippen LogP contribution in [0.2, 0.25) is 0 Å². The molecule has 0 unspecified atom stereocenters. The molecule has 2 heterocycles. The van der Waals surface area contributed by atoms with E-state index in [1.807, 2.05) is 36.9 Å². The van der Waals surface area contributed by atoms with E-state index in [4.69, 9.17) is 9.63 Å². The van der Waals surface area contributed by atoms with Gasteiger partial charge in [0.25, 0.3) is 5.89 Å². The Balaban J connectivity index is 1.62. The molecule has 0 aliphatic heterocycles. The average molecular weight is 394 g/mol. The summed E-state index contributed by atoms with van der Waals surface area (Å²) < 4.78 is 7.51. The molecule has 1 aliphatic carbocycles. The molecule has 0 amide bonds. The van der Waals surface area contributed by atoms with Crippen LogP contribution in [0.3, 0.4) is 0 Å². The third-order valence-corrected chi connectivity index (χ3v) is 5.81. The number of hydrogen-bond acceptors (Lipinski definition) is 5. The minimum atomic E-state index is -0.793. The minimum Gasteiger partial charge on any atom is -0.481 e. The third kappa shape index (κ3) is 3.81. The molecule has 0 radical (unpaired) electrons. The molecule has 1 aromatic carbocycles. The van der Waals surface area contributed by atoms with Crippen LogP contribution < -0.4 is 0 Å². The van der Waals surface area contributed by atoms with Crippen molar-refractivity contribution in [3.63, 3.8) is 0 Å². The largest absolute Gasteiger partial charge is 0.481 e. The Morgan fingerprint density at radius 3 is 2.86 bits per heavy atom. The molecule has 4 rings (SSSR count). The smallest absolute Gasteiger partial charge is 0.303 e.